The van der Waals surface area contributed by atoms with Crippen molar-refractivity contribution in [2.24, 2.45) is 0 Å². The highest BCUT2D eigenvalue weighted by Crippen LogP contribution is 2.39. The van der Waals surface area contributed by atoms with Crippen molar-refractivity contribution < 1.29 is 13.9 Å². The molecule has 3 aromatic heterocycles. The largest absolute Gasteiger partial charge is 0.497 e. The second kappa shape index (κ2) is 8.03. The number of methoxy groups -OCH3 is 1. The monoisotopic (exact) mass is 434 g/mol. The number of aromatic nitrogens is 2. The predicted octanol–water partition coefficient (Wildman–Crippen LogP) is 4.23. The molecule has 7 nitrogen and oxygen atoms in total. The summed E-state index contributed by atoms with van der Waals surface area (Å²) in [6.45, 7) is 4.57. The predicted molar refractivity (Wildman–Crippen MR) is 121 cm³/mol. The zero-order valence-corrected chi connectivity index (χ0v) is 18.2. The van der Waals surface area contributed by atoms with Crippen molar-refractivity contribution in [2.75, 3.05) is 38.2 Å². The highest BCUT2D eigenvalue weighted by Gasteiger charge is 2.26. The first kappa shape index (κ1) is 19.6. The van der Waals surface area contributed by atoms with E-state index in [1.807, 2.05) is 24.0 Å². The zero-order valence-electron chi connectivity index (χ0n) is 17.4. The minimum atomic E-state index is -0.0666. The molecular formula is C23H22N4O3S. The van der Waals surface area contributed by atoms with Crippen LogP contribution in [-0.2, 0) is 0 Å². The molecule has 0 saturated carbocycles. The number of rotatable bonds is 4. The molecule has 31 heavy (non-hydrogen) atoms. The number of carbonyl (C=O) groups is 1. The van der Waals surface area contributed by atoms with Crippen LogP contribution in [0.5, 0.6) is 5.75 Å². The number of amides is 1. The van der Waals surface area contributed by atoms with Crippen molar-refractivity contribution in [2.45, 2.75) is 6.92 Å². The number of hydrogen-bond donors (Lipinski definition) is 0. The van der Waals surface area contributed by atoms with Gasteiger partial charge in [-0.3, -0.25) is 4.79 Å². The Morgan fingerprint density at radius 3 is 2.55 bits per heavy atom. The molecule has 5 rings (SSSR count). The van der Waals surface area contributed by atoms with Gasteiger partial charge in [-0.2, -0.15) is 0 Å². The molecule has 0 N–H and O–H groups in total. The van der Waals surface area contributed by atoms with Crippen molar-refractivity contribution in [1.29, 1.82) is 0 Å². The van der Waals surface area contributed by atoms with Crippen LogP contribution in [0.1, 0.15) is 16.4 Å². The summed E-state index contributed by atoms with van der Waals surface area (Å²) in [6, 6.07) is 11.5. The zero-order chi connectivity index (χ0) is 21.4. The summed E-state index contributed by atoms with van der Waals surface area (Å²) in [5, 5.41) is 3.20. The molecule has 1 aliphatic rings. The van der Waals surface area contributed by atoms with Gasteiger partial charge in [0.1, 0.15) is 22.2 Å². The summed E-state index contributed by atoms with van der Waals surface area (Å²) in [4.78, 5) is 27.1. The minimum absolute atomic E-state index is 0.0666. The van der Waals surface area contributed by atoms with Crippen LogP contribution >= 0.6 is 11.3 Å². The van der Waals surface area contributed by atoms with Crippen LogP contribution in [0.4, 0.5) is 5.82 Å². The molecule has 4 heterocycles. The van der Waals surface area contributed by atoms with E-state index in [-0.39, 0.29) is 5.91 Å². The van der Waals surface area contributed by atoms with Gasteiger partial charge in [-0.15, -0.1) is 11.3 Å². The van der Waals surface area contributed by atoms with E-state index in [1.54, 1.807) is 30.6 Å². The Morgan fingerprint density at radius 2 is 1.87 bits per heavy atom. The maximum absolute atomic E-state index is 12.6. The summed E-state index contributed by atoms with van der Waals surface area (Å²) in [6.07, 6.45) is 1.53. The fourth-order valence-corrected chi connectivity index (χ4v) is 4.90. The average Bonchev–Trinajstić information content (AvgIpc) is 3.49. The Bertz CT molecular complexity index is 1210. The van der Waals surface area contributed by atoms with E-state index >= 15 is 0 Å². The Morgan fingerprint density at radius 1 is 1.10 bits per heavy atom. The van der Waals surface area contributed by atoms with Crippen molar-refractivity contribution in [3.63, 3.8) is 0 Å². The fourth-order valence-electron chi connectivity index (χ4n) is 3.92. The molecule has 1 fully saturated rings. The van der Waals surface area contributed by atoms with E-state index in [4.69, 9.17) is 14.1 Å². The molecule has 0 bridgehead atoms. The standard InChI is InChI=1S/C23H22N4O3S/c1-15-24-21(26-9-11-27(12-10-26)23(28)19-4-3-13-30-19)20-18(14-31-22(20)25-15)16-5-7-17(29-2)8-6-16/h3-8,13-14H,9-12H2,1-2H3. The van der Waals surface area contributed by atoms with Crippen molar-refractivity contribution in [3.8, 4) is 16.9 Å². The van der Waals surface area contributed by atoms with E-state index in [1.165, 1.54) is 6.26 Å². The molecule has 1 aliphatic heterocycles. The summed E-state index contributed by atoms with van der Waals surface area (Å²) in [7, 11) is 1.67. The number of benzene rings is 1. The van der Waals surface area contributed by atoms with E-state index in [2.05, 4.69) is 27.4 Å². The summed E-state index contributed by atoms with van der Waals surface area (Å²) >= 11 is 1.63. The Labute approximate surface area is 183 Å². The number of piperazine rings is 1. The number of ether oxygens (including phenoxy) is 1. The molecular weight excluding hydrogens is 412 g/mol. The summed E-state index contributed by atoms with van der Waals surface area (Å²) < 4.78 is 10.6. The molecule has 0 aliphatic carbocycles. The number of thiophene rings is 1. The number of hydrogen-bond acceptors (Lipinski definition) is 7. The number of nitrogens with zero attached hydrogens (tertiary/aromatic N) is 4. The van der Waals surface area contributed by atoms with Gasteiger partial charge < -0.3 is 19.0 Å². The Kier molecular flexibility index (Phi) is 5.07. The van der Waals surface area contributed by atoms with Crippen LogP contribution in [0, 0.1) is 6.92 Å². The second-order valence-corrected chi connectivity index (χ2v) is 8.27. The first-order chi connectivity index (χ1) is 15.1. The SMILES string of the molecule is COc1ccc(-c2csc3nc(C)nc(N4CCN(C(=O)c5ccco5)CC4)c23)cc1. The van der Waals surface area contributed by atoms with E-state index < -0.39 is 0 Å². The van der Waals surface area contributed by atoms with Gasteiger partial charge in [-0.1, -0.05) is 12.1 Å². The van der Waals surface area contributed by atoms with Crippen LogP contribution < -0.4 is 9.64 Å². The van der Waals surface area contributed by atoms with Gasteiger partial charge in [-0.05, 0) is 36.8 Å². The highest BCUT2D eigenvalue weighted by atomic mass is 32.1. The van der Waals surface area contributed by atoms with Gasteiger partial charge in [0.15, 0.2) is 5.76 Å². The van der Waals surface area contributed by atoms with Crippen molar-refractivity contribution >= 4 is 33.3 Å². The van der Waals surface area contributed by atoms with Crippen molar-refractivity contribution in [3.05, 3.63) is 59.6 Å². The van der Waals surface area contributed by atoms with E-state index in [9.17, 15) is 4.79 Å². The lowest BCUT2D eigenvalue weighted by atomic mass is 10.1. The smallest absolute Gasteiger partial charge is 0.289 e. The molecule has 0 atom stereocenters. The third-order valence-electron chi connectivity index (χ3n) is 5.53. The maximum Gasteiger partial charge on any atom is 0.289 e. The summed E-state index contributed by atoms with van der Waals surface area (Å²) in [5.74, 6) is 2.82. The van der Waals surface area contributed by atoms with Gasteiger partial charge in [0.2, 0.25) is 0 Å². The van der Waals surface area contributed by atoms with Crippen LogP contribution in [0.15, 0.2) is 52.5 Å². The van der Waals surface area contributed by atoms with Gasteiger partial charge in [0, 0.05) is 37.1 Å². The molecule has 158 valence electrons. The quantitative estimate of drug-likeness (QED) is 0.479. The molecule has 4 aromatic rings. The van der Waals surface area contributed by atoms with Gasteiger partial charge in [0.05, 0.1) is 18.8 Å². The molecule has 0 spiro atoms. The number of fused-ring (bicyclic) bond motifs is 1. The summed E-state index contributed by atoms with van der Waals surface area (Å²) in [5.41, 5.74) is 2.22. The van der Waals surface area contributed by atoms with E-state index in [0.717, 1.165) is 38.7 Å². The lowest BCUT2D eigenvalue weighted by Gasteiger charge is -2.35. The molecule has 0 radical (unpaired) electrons. The van der Waals surface area contributed by atoms with Crippen LogP contribution in [0.2, 0.25) is 0 Å². The third-order valence-corrected chi connectivity index (χ3v) is 6.40. The number of carbonyl (C=O) groups excluding carboxylic acids is 1. The molecule has 8 heteroatoms. The fraction of sp³-hybridized carbons (Fsp3) is 0.261. The van der Waals surface area contributed by atoms with Crippen molar-refractivity contribution in [1.82, 2.24) is 14.9 Å². The van der Waals surface area contributed by atoms with Gasteiger partial charge >= 0.3 is 0 Å². The first-order valence-electron chi connectivity index (χ1n) is 10.1. The van der Waals surface area contributed by atoms with Crippen LogP contribution in [0.3, 0.4) is 0 Å². The van der Waals surface area contributed by atoms with E-state index in [0.29, 0.717) is 31.9 Å². The number of aryl methyl sites for hydroxylation is 1. The second-order valence-electron chi connectivity index (χ2n) is 7.41. The minimum Gasteiger partial charge on any atom is -0.497 e. The maximum atomic E-state index is 12.6. The average molecular weight is 435 g/mol. The first-order valence-corrected chi connectivity index (χ1v) is 11.0. The lowest BCUT2D eigenvalue weighted by Crippen LogP contribution is -2.49. The van der Waals surface area contributed by atoms with Crippen LogP contribution in [-0.4, -0.2) is 54.1 Å². The highest BCUT2D eigenvalue weighted by molar-refractivity contribution is 7.17. The van der Waals surface area contributed by atoms with Gasteiger partial charge in [0.25, 0.3) is 5.91 Å². The third kappa shape index (κ3) is 3.63. The Balaban J connectivity index is 1.46. The van der Waals surface area contributed by atoms with Gasteiger partial charge in [-0.25, -0.2) is 9.97 Å². The number of anilines is 1. The van der Waals surface area contributed by atoms with Crippen LogP contribution in [0.25, 0.3) is 21.3 Å². The number of furan rings is 1. The normalized spacial score (nSPS) is 14.3. The molecule has 0 unspecified atom stereocenters. The lowest BCUT2D eigenvalue weighted by molar-refractivity contribution is 0.0714. The topological polar surface area (TPSA) is 71.7 Å². The Hall–Kier alpha value is -3.39. The molecule has 1 saturated heterocycles. The molecule has 1 amide bonds. The molecule has 1 aromatic carbocycles.